The van der Waals surface area contributed by atoms with Crippen LogP contribution in [0.15, 0.2) is 12.7 Å². The second-order valence-electron chi connectivity index (χ2n) is 4.40. The first-order chi connectivity index (χ1) is 5.33. The van der Waals surface area contributed by atoms with Crippen molar-refractivity contribution < 1.29 is 4.74 Å². The first kappa shape index (κ1) is 6.24. The van der Waals surface area contributed by atoms with Gasteiger partial charge in [-0.3, -0.25) is 0 Å². The number of hydrogen-bond donors (Lipinski definition) is 0. The molecule has 11 heavy (non-hydrogen) atoms. The lowest BCUT2D eigenvalue weighted by Gasteiger charge is -2.45. The summed E-state index contributed by atoms with van der Waals surface area (Å²) in [5, 5.41) is 0. The van der Waals surface area contributed by atoms with Gasteiger partial charge in [-0.25, -0.2) is 0 Å². The molecule has 1 spiro atoms. The van der Waals surface area contributed by atoms with Gasteiger partial charge in [-0.2, -0.15) is 0 Å². The van der Waals surface area contributed by atoms with Crippen molar-refractivity contribution in [3.8, 4) is 0 Å². The fourth-order valence-electron chi connectivity index (χ4n) is 3.40. The molecule has 4 fully saturated rings. The Balaban J connectivity index is 1.81. The quantitative estimate of drug-likeness (QED) is 0.548. The third kappa shape index (κ3) is 0.610. The maximum Gasteiger partial charge on any atom is 0.0717 e. The lowest BCUT2D eigenvalue weighted by atomic mass is 9.79. The molecular weight excluding hydrogens is 136 g/mol. The van der Waals surface area contributed by atoms with E-state index in [-0.39, 0.29) is 0 Å². The van der Waals surface area contributed by atoms with Crippen LogP contribution in [-0.4, -0.2) is 11.7 Å². The van der Waals surface area contributed by atoms with Crippen molar-refractivity contribution in [3.05, 3.63) is 12.7 Å². The summed E-state index contributed by atoms with van der Waals surface area (Å²) in [6.45, 7) is 3.80. The summed E-state index contributed by atoms with van der Waals surface area (Å²) in [7, 11) is 0. The van der Waals surface area contributed by atoms with Gasteiger partial charge in [-0.15, -0.1) is 6.58 Å². The smallest absolute Gasteiger partial charge is 0.0717 e. The minimum Gasteiger partial charge on any atom is -0.371 e. The van der Waals surface area contributed by atoms with E-state index in [9.17, 15) is 0 Å². The van der Waals surface area contributed by atoms with Crippen LogP contribution in [-0.2, 0) is 4.74 Å². The maximum atomic E-state index is 5.78. The summed E-state index contributed by atoms with van der Waals surface area (Å²) < 4.78 is 5.78. The van der Waals surface area contributed by atoms with Crippen LogP contribution in [0.4, 0.5) is 0 Å². The highest BCUT2D eigenvalue weighted by Crippen LogP contribution is 2.63. The zero-order valence-corrected chi connectivity index (χ0v) is 6.75. The van der Waals surface area contributed by atoms with Crippen molar-refractivity contribution in [1.82, 2.24) is 0 Å². The fourth-order valence-corrected chi connectivity index (χ4v) is 3.40. The second kappa shape index (κ2) is 1.71. The first-order valence-corrected chi connectivity index (χ1v) is 4.62. The van der Waals surface area contributed by atoms with Crippen molar-refractivity contribution in [2.24, 2.45) is 11.8 Å². The van der Waals surface area contributed by atoms with Gasteiger partial charge in [0, 0.05) is 6.42 Å². The minimum absolute atomic E-state index is 0.378. The third-order valence-electron chi connectivity index (χ3n) is 3.77. The summed E-state index contributed by atoms with van der Waals surface area (Å²) in [4.78, 5) is 0. The molecule has 2 aliphatic heterocycles. The standard InChI is InChI=1S/C10H14O/c1-2-3-7-4-10-5-8(7)9(6-10)11-10/h2,7-9H,1,3-6H2. The molecular formula is C10H14O. The zero-order valence-electron chi connectivity index (χ0n) is 6.75. The van der Waals surface area contributed by atoms with Crippen molar-refractivity contribution in [3.63, 3.8) is 0 Å². The van der Waals surface area contributed by atoms with E-state index >= 15 is 0 Å². The molecule has 0 N–H and O–H groups in total. The average Bonchev–Trinajstić information content (AvgIpc) is 2.48. The van der Waals surface area contributed by atoms with Crippen molar-refractivity contribution in [2.75, 3.05) is 0 Å². The number of hydrogen-bond acceptors (Lipinski definition) is 1. The Hall–Kier alpha value is -0.300. The molecule has 1 heteroatoms. The van der Waals surface area contributed by atoms with E-state index in [4.69, 9.17) is 4.74 Å². The van der Waals surface area contributed by atoms with Gasteiger partial charge in [0.15, 0.2) is 0 Å². The molecule has 0 radical (unpaired) electrons. The van der Waals surface area contributed by atoms with Gasteiger partial charge in [0.25, 0.3) is 0 Å². The molecule has 2 heterocycles. The molecule has 4 aliphatic rings. The molecule has 2 saturated carbocycles. The summed E-state index contributed by atoms with van der Waals surface area (Å²) in [5.41, 5.74) is 0.378. The van der Waals surface area contributed by atoms with E-state index in [1.54, 1.807) is 0 Å². The molecule has 4 rings (SSSR count). The van der Waals surface area contributed by atoms with E-state index < -0.39 is 0 Å². The van der Waals surface area contributed by atoms with E-state index in [0.717, 1.165) is 11.8 Å². The van der Waals surface area contributed by atoms with Crippen LogP contribution in [0.3, 0.4) is 0 Å². The normalized spacial score (nSPS) is 57.6. The molecule has 0 aromatic heterocycles. The Morgan fingerprint density at radius 2 is 2.27 bits per heavy atom. The van der Waals surface area contributed by atoms with Crippen LogP contribution in [0, 0.1) is 11.8 Å². The summed E-state index contributed by atoms with van der Waals surface area (Å²) in [6, 6.07) is 0. The largest absolute Gasteiger partial charge is 0.371 e. The molecule has 4 unspecified atom stereocenters. The van der Waals surface area contributed by atoms with Gasteiger partial charge >= 0.3 is 0 Å². The number of ether oxygens (including phenoxy) is 1. The van der Waals surface area contributed by atoms with Crippen LogP contribution in [0.5, 0.6) is 0 Å². The van der Waals surface area contributed by atoms with E-state index in [1.165, 1.54) is 25.7 Å². The Bertz CT molecular complexity index is 203. The SMILES string of the molecule is C=CCC1CC23CC(O2)C1C3. The van der Waals surface area contributed by atoms with E-state index in [1.807, 2.05) is 0 Å². The van der Waals surface area contributed by atoms with Crippen molar-refractivity contribution in [1.29, 1.82) is 0 Å². The van der Waals surface area contributed by atoms with Crippen LogP contribution in [0.25, 0.3) is 0 Å². The topological polar surface area (TPSA) is 9.23 Å². The minimum atomic E-state index is 0.378. The maximum absolute atomic E-state index is 5.78. The Morgan fingerprint density at radius 3 is 2.73 bits per heavy atom. The Kier molecular flexibility index (Phi) is 0.972. The van der Waals surface area contributed by atoms with Gasteiger partial charge < -0.3 is 4.74 Å². The first-order valence-electron chi connectivity index (χ1n) is 4.62. The highest BCUT2D eigenvalue weighted by molar-refractivity contribution is 5.15. The van der Waals surface area contributed by atoms with E-state index in [0.29, 0.717) is 11.7 Å². The predicted molar refractivity (Wildman–Crippen MR) is 43.2 cm³/mol. The molecule has 3 bridgehead atoms. The number of allylic oxidation sites excluding steroid dienone is 1. The second-order valence-corrected chi connectivity index (χ2v) is 4.40. The molecule has 1 nitrogen and oxygen atoms in total. The van der Waals surface area contributed by atoms with E-state index in [2.05, 4.69) is 12.7 Å². The molecule has 4 atom stereocenters. The lowest BCUT2D eigenvalue weighted by Crippen LogP contribution is -2.47. The fraction of sp³-hybridized carbons (Fsp3) is 0.800. The molecule has 2 aliphatic carbocycles. The van der Waals surface area contributed by atoms with Gasteiger partial charge in [-0.05, 0) is 31.1 Å². The number of rotatable bonds is 2. The molecule has 0 aromatic rings. The zero-order chi connectivity index (χ0) is 7.47. The van der Waals surface area contributed by atoms with Crippen LogP contribution < -0.4 is 0 Å². The molecule has 2 saturated heterocycles. The highest BCUT2D eigenvalue weighted by Gasteiger charge is 2.65. The average molecular weight is 150 g/mol. The van der Waals surface area contributed by atoms with Crippen molar-refractivity contribution >= 4 is 0 Å². The van der Waals surface area contributed by atoms with Crippen LogP contribution in [0.2, 0.25) is 0 Å². The molecule has 0 aromatic carbocycles. The third-order valence-corrected chi connectivity index (χ3v) is 3.77. The molecule has 0 amide bonds. The van der Waals surface area contributed by atoms with Gasteiger partial charge in [0.1, 0.15) is 0 Å². The lowest BCUT2D eigenvalue weighted by molar-refractivity contribution is -0.192. The summed E-state index contributed by atoms with van der Waals surface area (Å²) in [6.07, 6.45) is 7.98. The Morgan fingerprint density at radius 1 is 1.45 bits per heavy atom. The van der Waals surface area contributed by atoms with Crippen LogP contribution >= 0.6 is 0 Å². The Labute approximate surface area is 67.4 Å². The van der Waals surface area contributed by atoms with Gasteiger partial charge in [0.05, 0.1) is 11.7 Å². The summed E-state index contributed by atoms with van der Waals surface area (Å²) in [5.74, 6) is 1.81. The highest BCUT2D eigenvalue weighted by atomic mass is 16.5. The van der Waals surface area contributed by atoms with Gasteiger partial charge in [-0.1, -0.05) is 6.08 Å². The molecule has 60 valence electrons. The monoisotopic (exact) mass is 150 g/mol. The van der Waals surface area contributed by atoms with Gasteiger partial charge in [0.2, 0.25) is 0 Å². The predicted octanol–water partition coefficient (Wildman–Crippen LogP) is 2.13. The van der Waals surface area contributed by atoms with Crippen molar-refractivity contribution in [2.45, 2.75) is 37.4 Å². The van der Waals surface area contributed by atoms with Crippen LogP contribution in [0.1, 0.15) is 25.7 Å². The summed E-state index contributed by atoms with van der Waals surface area (Å²) >= 11 is 0.